The predicted molar refractivity (Wildman–Crippen MR) is 75.8 cm³/mol. The lowest BCUT2D eigenvalue weighted by molar-refractivity contribution is 0.287. The number of nitrogen functional groups attached to an aromatic ring is 1. The number of hydrogen-bond donors (Lipinski definition) is 2. The summed E-state index contributed by atoms with van der Waals surface area (Å²) in [7, 11) is 0. The smallest absolute Gasteiger partial charge is 0.280 e. The van der Waals surface area contributed by atoms with Crippen molar-refractivity contribution < 1.29 is 0 Å². The van der Waals surface area contributed by atoms with Gasteiger partial charge >= 0.3 is 0 Å². The van der Waals surface area contributed by atoms with Crippen LogP contribution >= 0.6 is 0 Å². The average molecular weight is 263 g/mol. The number of aromatic amines is 1. The average Bonchev–Trinajstić information content (AvgIpc) is 2.58. The maximum atomic E-state index is 11.7. The van der Waals surface area contributed by atoms with E-state index in [0.717, 1.165) is 13.0 Å². The zero-order valence-corrected chi connectivity index (χ0v) is 11.9. The van der Waals surface area contributed by atoms with E-state index in [9.17, 15) is 4.79 Å². The first kappa shape index (κ1) is 13.6. The monoisotopic (exact) mass is 263 g/mol. The third-order valence-corrected chi connectivity index (χ3v) is 2.96. The zero-order chi connectivity index (χ0) is 14.2. The van der Waals surface area contributed by atoms with E-state index in [4.69, 9.17) is 5.73 Å². The Labute approximate surface area is 112 Å². The zero-order valence-electron chi connectivity index (χ0n) is 11.9. The first-order valence-electron chi connectivity index (χ1n) is 6.47. The first-order valence-corrected chi connectivity index (χ1v) is 6.47. The summed E-state index contributed by atoms with van der Waals surface area (Å²) in [6.07, 6.45) is 2.75. The Balaban J connectivity index is 2.29. The van der Waals surface area contributed by atoms with Crippen molar-refractivity contribution in [3.05, 3.63) is 16.7 Å². The van der Waals surface area contributed by atoms with Gasteiger partial charge in [-0.15, -0.1) is 0 Å². The number of anilines is 1. The number of nitrogens with one attached hydrogen (secondary N) is 1. The molecule has 3 N–H and O–H groups in total. The molecule has 0 aliphatic heterocycles. The maximum Gasteiger partial charge on any atom is 0.280 e. The molecule has 6 heteroatoms. The molecule has 0 bridgehead atoms. The number of fused-ring (bicyclic) bond motifs is 1. The molecule has 0 unspecified atom stereocenters. The van der Waals surface area contributed by atoms with Gasteiger partial charge in [0.1, 0.15) is 0 Å². The van der Waals surface area contributed by atoms with Gasteiger partial charge in [0, 0.05) is 6.54 Å². The Morgan fingerprint density at radius 3 is 2.79 bits per heavy atom. The summed E-state index contributed by atoms with van der Waals surface area (Å²) in [5, 5.41) is 0. The lowest BCUT2D eigenvalue weighted by Gasteiger charge is -2.23. The highest BCUT2D eigenvalue weighted by atomic mass is 16.1. The van der Waals surface area contributed by atoms with Gasteiger partial charge in [-0.05, 0) is 17.8 Å². The molecule has 104 valence electrons. The van der Waals surface area contributed by atoms with Crippen LogP contribution in [0.4, 0.5) is 5.95 Å². The van der Waals surface area contributed by atoms with E-state index in [2.05, 4.69) is 42.6 Å². The number of rotatable bonds is 3. The fraction of sp³-hybridized carbons (Fsp3) is 0.615. The summed E-state index contributed by atoms with van der Waals surface area (Å²) >= 11 is 0. The van der Waals surface area contributed by atoms with E-state index in [1.54, 1.807) is 6.33 Å². The van der Waals surface area contributed by atoms with Crippen molar-refractivity contribution >= 4 is 17.1 Å². The summed E-state index contributed by atoms with van der Waals surface area (Å²) in [6, 6.07) is 0. The molecule has 0 saturated carbocycles. The Morgan fingerprint density at radius 2 is 2.16 bits per heavy atom. The Kier molecular flexibility index (Phi) is 3.34. The highest BCUT2D eigenvalue weighted by Crippen LogP contribution is 2.25. The molecule has 0 aliphatic rings. The van der Waals surface area contributed by atoms with Crippen LogP contribution in [0.1, 0.15) is 34.1 Å². The van der Waals surface area contributed by atoms with Crippen LogP contribution in [0.15, 0.2) is 11.1 Å². The van der Waals surface area contributed by atoms with E-state index in [1.165, 1.54) is 0 Å². The molecule has 2 aromatic rings. The highest BCUT2D eigenvalue weighted by Gasteiger charge is 2.17. The summed E-state index contributed by atoms with van der Waals surface area (Å²) < 4.78 is 1.90. The van der Waals surface area contributed by atoms with Crippen molar-refractivity contribution in [2.24, 2.45) is 11.3 Å². The third-order valence-electron chi connectivity index (χ3n) is 2.96. The van der Waals surface area contributed by atoms with Gasteiger partial charge in [0.05, 0.1) is 6.33 Å². The maximum absolute atomic E-state index is 11.7. The molecule has 19 heavy (non-hydrogen) atoms. The second-order valence-electron chi connectivity index (χ2n) is 6.39. The Morgan fingerprint density at radius 1 is 1.47 bits per heavy atom. The second-order valence-corrected chi connectivity index (χ2v) is 6.39. The number of aromatic nitrogens is 4. The Bertz CT molecular complexity index is 635. The molecule has 6 nitrogen and oxygen atoms in total. The van der Waals surface area contributed by atoms with Gasteiger partial charge < -0.3 is 10.3 Å². The highest BCUT2D eigenvalue weighted by molar-refractivity contribution is 5.70. The molecular weight excluding hydrogens is 242 g/mol. The van der Waals surface area contributed by atoms with Crippen molar-refractivity contribution in [2.45, 2.75) is 40.7 Å². The fourth-order valence-electron chi connectivity index (χ4n) is 2.55. The van der Waals surface area contributed by atoms with Gasteiger partial charge in [0.25, 0.3) is 5.56 Å². The van der Waals surface area contributed by atoms with Crippen LogP contribution < -0.4 is 11.3 Å². The van der Waals surface area contributed by atoms with Gasteiger partial charge in [0.2, 0.25) is 5.95 Å². The summed E-state index contributed by atoms with van der Waals surface area (Å²) in [5.74, 6) is 0.599. The Hall–Kier alpha value is -1.85. The van der Waals surface area contributed by atoms with Gasteiger partial charge in [-0.1, -0.05) is 27.7 Å². The predicted octanol–water partition coefficient (Wildman–Crippen LogP) is 1.77. The van der Waals surface area contributed by atoms with Crippen LogP contribution in [0, 0.1) is 11.3 Å². The van der Waals surface area contributed by atoms with Gasteiger partial charge in [-0.25, -0.2) is 4.98 Å². The lowest BCUT2D eigenvalue weighted by atomic mass is 9.85. The number of imidazole rings is 1. The fourth-order valence-corrected chi connectivity index (χ4v) is 2.55. The quantitative estimate of drug-likeness (QED) is 0.883. The number of nitrogens with two attached hydrogens (primary N) is 1. The number of hydrogen-bond acceptors (Lipinski definition) is 4. The largest absolute Gasteiger partial charge is 0.369 e. The van der Waals surface area contributed by atoms with Crippen LogP contribution in [0.5, 0.6) is 0 Å². The van der Waals surface area contributed by atoms with Gasteiger partial charge in [-0.2, -0.15) is 4.98 Å². The van der Waals surface area contributed by atoms with Gasteiger partial charge in [0.15, 0.2) is 11.2 Å². The molecule has 0 radical (unpaired) electrons. The molecule has 0 aromatic carbocycles. The SMILES string of the molecule is C[C@@H](Cn1cnc2c(=O)[nH]c(N)nc21)CC(C)(C)C. The van der Waals surface area contributed by atoms with Crippen LogP contribution in [-0.2, 0) is 6.54 Å². The van der Waals surface area contributed by atoms with Crippen LogP contribution in [0.3, 0.4) is 0 Å². The molecule has 1 atom stereocenters. The van der Waals surface area contributed by atoms with E-state index in [1.807, 2.05) is 4.57 Å². The summed E-state index contributed by atoms with van der Waals surface area (Å²) in [6.45, 7) is 9.63. The van der Waals surface area contributed by atoms with Crippen LogP contribution in [0.25, 0.3) is 11.2 Å². The lowest BCUT2D eigenvalue weighted by Crippen LogP contribution is -2.17. The van der Waals surface area contributed by atoms with Crippen molar-refractivity contribution in [1.82, 2.24) is 19.5 Å². The van der Waals surface area contributed by atoms with Gasteiger partial charge in [-0.3, -0.25) is 9.78 Å². The molecule has 2 heterocycles. The van der Waals surface area contributed by atoms with Crippen molar-refractivity contribution in [3.63, 3.8) is 0 Å². The van der Waals surface area contributed by atoms with Crippen molar-refractivity contribution in [3.8, 4) is 0 Å². The molecular formula is C13H21N5O. The van der Waals surface area contributed by atoms with Crippen molar-refractivity contribution in [2.75, 3.05) is 5.73 Å². The first-order chi connectivity index (χ1) is 8.76. The number of nitrogens with zero attached hydrogens (tertiary/aromatic N) is 3. The third kappa shape index (κ3) is 3.13. The van der Waals surface area contributed by atoms with E-state index < -0.39 is 0 Å². The van der Waals surface area contributed by atoms with Crippen LogP contribution in [-0.4, -0.2) is 19.5 Å². The van der Waals surface area contributed by atoms with E-state index in [-0.39, 0.29) is 16.9 Å². The summed E-state index contributed by atoms with van der Waals surface area (Å²) in [5.41, 5.74) is 6.47. The standard InChI is InChI=1S/C13H21N5O/c1-8(5-13(2,3)4)6-18-7-15-9-10(18)16-12(14)17-11(9)19/h7-8H,5-6H2,1-4H3,(H3,14,16,17,19)/t8-/m1/s1. The van der Waals surface area contributed by atoms with E-state index in [0.29, 0.717) is 17.1 Å². The molecule has 0 amide bonds. The minimum atomic E-state index is -0.287. The molecule has 2 aromatic heterocycles. The van der Waals surface area contributed by atoms with E-state index >= 15 is 0 Å². The van der Waals surface area contributed by atoms with Crippen molar-refractivity contribution in [1.29, 1.82) is 0 Å². The molecule has 0 aliphatic carbocycles. The minimum Gasteiger partial charge on any atom is -0.369 e. The van der Waals surface area contributed by atoms with Crippen LogP contribution in [0.2, 0.25) is 0 Å². The topological polar surface area (TPSA) is 89.6 Å². The molecule has 0 spiro atoms. The normalized spacial score (nSPS) is 13.9. The molecule has 2 rings (SSSR count). The summed E-state index contributed by atoms with van der Waals surface area (Å²) in [4.78, 5) is 22.4. The second kappa shape index (κ2) is 4.68. The number of H-pyrrole nitrogens is 1. The molecule has 0 saturated heterocycles. The molecule has 0 fully saturated rings. The minimum absolute atomic E-state index is 0.128.